The maximum atomic E-state index is 14.1. The Kier molecular flexibility index (Phi) is 8.28. The molecular weight excluding hydrogens is 497 g/mol. The van der Waals surface area contributed by atoms with Crippen LogP contribution in [0.3, 0.4) is 0 Å². The Balaban J connectivity index is 1.54. The second-order valence-corrected chi connectivity index (χ2v) is 9.27. The summed E-state index contributed by atoms with van der Waals surface area (Å²) in [6.07, 6.45) is 0.138. The highest BCUT2D eigenvalue weighted by Crippen LogP contribution is 2.31. The van der Waals surface area contributed by atoms with Crippen LogP contribution in [0.4, 0.5) is 4.39 Å². The largest absolute Gasteiger partial charge is 0.466 e. The number of hydrogen-bond donors (Lipinski definition) is 0. The van der Waals surface area contributed by atoms with Gasteiger partial charge in [-0.1, -0.05) is 29.8 Å². The molecule has 0 aliphatic carbocycles. The maximum Gasteiger partial charge on any atom is 0.306 e. The topological polar surface area (TPSA) is 71.9 Å². The Bertz CT molecular complexity index is 1300. The van der Waals surface area contributed by atoms with Gasteiger partial charge in [-0.25, -0.2) is 4.39 Å². The van der Waals surface area contributed by atoms with Gasteiger partial charge in [0.15, 0.2) is 0 Å². The van der Waals surface area contributed by atoms with Gasteiger partial charge in [0.25, 0.3) is 5.91 Å². The average Bonchev–Trinajstić information content (AvgIpc) is 3.24. The van der Waals surface area contributed by atoms with Gasteiger partial charge in [0.05, 0.1) is 24.3 Å². The minimum atomic E-state index is -0.389. The third-order valence-electron chi connectivity index (χ3n) is 6.45. The summed E-state index contributed by atoms with van der Waals surface area (Å²) in [6.45, 7) is 5.39. The van der Waals surface area contributed by atoms with Gasteiger partial charge in [0.2, 0.25) is 5.91 Å². The number of aromatic nitrogens is 1. The lowest BCUT2D eigenvalue weighted by Crippen LogP contribution is -2.50. The second-order valence-electron chi connectivity index (χ2n) is 8.83. The highest BCUT2D eigenvalue weighted by molar-refractivity contribution is 6.30. The molecule has 1 aliphatic rings. The van der Waals surface area contributed by atoms with Crippen molar-refractivity contribution in [2.75, 3.05) is 32.8 Å². The fourth-order valence-corrected chi connectivity index (χ4v) is 4.66. The molecule has 3 aromatic rings. The van der Waals surface area contributed by atoms with Crippen molar-refractivity contribution < 1.29 is 23.5 Å². The van der Waals surface area contributed by atoms with E-state index in [0.717, 1.165) is 11.3 Å². The fraction of sp³-hybridized carbons (Fsp3) is 0.321. The molecule has 0 N–H and O–H groups in total. The van der Waals surface area contributed by atoms with E-state index in [4.69, 9.17) is 16.3 Å². The van der Waals surface area contributed by atoms with Gasteiger partial charge in [-0.2, -0.15) is 0 Å². The number of ether oxygens (including phenoxy) is 1. The highest BCUT2D eigenvalue weighted by Gasteiger charge is 2.28. The van der Waals surface area contributed by atoms with Crippen molar-refractivity contribution >= 4 is 29.4 Å². The number of carbonyl (C=O) groups excluding carboxylic acids is 3. The molecule has 1 fully saturated rings. The van der Waals surface area contributed by atoms with Gasteiger partial charge >= 0.3 is 5.97 Å². The summed E-state index contributed by atoms with van der Waals surface area (Å²) in [7, 11) is 0. The van der Waals surface area contributed by atoms with Crippen LogP contribution in [0.15, 0.2) is 54.6 Å². The normalized spacial score (nSPS) is 13.5. The molecule has 37 heavy (non-hydrogen) atoms. The van der Waals surface area contributed by atoms with Crippen LogP contribution in [-0.2, 0) is 14.3 Å². The molecule has 9 heteroatoms. The Morgan fingerprint density at radius 3 is 2.27 bits per heavy atom. The molecule has 7 nitrogen and oxygen atoms in total. The van der Waals surface area contributed by atoms with Gasteiger partial charge in [-0.15, -0.1) is 0 Å². The van der Waals surface area contributed by atoms with Crippen molar-refractivity contribution in [2.24, 2.45) is 0 Å². The zero-order valence-electron chi connectivity index (χ0n) is 20.9. The number of hydrogen-bond acceptors (Lipinski definition) is 4. The molecule has 0 bridgehead atoms. The van der Waals surface area contributed by atoms with Crippen molar-refractivity contribution in [1.82, 2.24) is 14.4 Å². The summed E-state index contributed by atoms with van der Waals surface area (Å²) >= 11 is 6.08. The maximum absolute atomic E-state index is 14.1. The first-order chi connectivity index (χ1) is 17.8. The monoisotopic (exact) mass is 525 g/mol. The van der Waals surface area contributed by atoms with Crippen LogP contribution < -0.4 is 0 Å². The number of halogens is 2. The number of amides is 2. The molecule has 2 amide bonds. The Morgan fingerprint density at radius 1 is 0.946 bits per heavy atom. The van der Waals surface area contributed by atoms with Crippen molar-refractivity contribution in [3.8, 4) is 16.9 Å². The predicted octanol–water partition coefficient (Wildman–Crippen LogP) is 4.87. The van der Waals surface area contributed by atoms with E-state index in [-0.39, 0.29) is 43.0 Å². The molecule has 0 spiro atoms. The van der Waals surface area contributed by atoms with Gasteiger partial charge in [-0.3, -0.25) is 14.4 Å². The molecular formula is C28H29ClFN3O4. The molecule has 0 unspecified atom stereocenters. The molecule has 2 aromatic carbocycles. The number of piperazine rings is 1. The number of benzene rings is 2. The predicted molar refractivity (Wildman–Crippen MR) is 139 cm³/mol. The van der Waals surface area contributed by atoms with Gasteiger partial charge in [0, 0.05) is 49.0 Å². The molecule has 1 saturated heterocycles. The molecule has 4 rings (SSSR count). The van der Waals surface area contributed by atoms with E-state index in [9.17, 15) is 18.8 Å². The summed E-state index contributed by atoms with van der Waals surface area (Å²) in [5.41, 5.74) is 3.40. The lowest BCUT2D eigenvalue weighted by molar-refractivity contribution is -0.146. The van der Waals surface area contributed by atoms with E-state index in [1.165, 1.54) is 12.1 Å². The standard InChI is InChI=1S/C28H29ClFN3O4/c1-3-37-27(35)12-11-26(34)31-13-15-32(16-14-31)28(36)24-18-25(20-7-9-21(29)10-8-20)33(19(24)2)23-6-4-5-22(30)17-23/h4-10,17-18H,3,11-16H2,1-2H3. The number of nitrogens with zero attached hydrogens (tertiary/aromatic N) is 3. The van der Waals surface area contributed by atoms with Crippen LogP contribution in [0.1, 0.15) is 35.8 Å². The van der Waals surface area contributed by atoms with Crippen molar-refractivity contribution in [3.63, 3.8) is 0 Å². The summed E-state index contributed by atoms with van der Waals surface area (Å²) < 4.78 is 20.9. The van der Waals surface area contributed by atoms with Crippen LogP contribution in [0.5, 0.6) is 0 Å². The minimum absolute atomic E-state index is 0.0477. The Morgan fingerprint density at radius 2 is 1.62 bits per heavy atom. The first-order valence-corrected chi connectivity index (χ1v) is 12.6. The van der Waals surface area contributed by atoms with Gasteiger partial charge in [0.1, 0.15) is 5.82 Å². The summed E-state index contributed by atoms with van der Waals surface area (Å²) in [5.74, 6) is -1.04. The number of carbonyl (C=O) groups is 3. The average molecular weight is 526 g/mol. The van der Waals surface area contributed by atoms with Crippen LogP contribution in [-0.4, -0.2) is 64.9 Å². The zero-order chi connectivity index (χ0) is 26.5. The van der Waals surface area contributed by atoms with Crippen molar-refractivity contribution in [2.45, 2.75) is 26.7 Å². The highest BCUT2D eigenvalue weighted by atomic mass is 35.5. The van der Waals surface area contributed by atoms with E-state index >= 15 is 0 Å². The van der Waals surface area contributed by atoms with Gasteiger partial charge < -0.3 is 19.1 Å². The van der Waals surface area contributed by atoms with Crippen LogP contribution in [0, 0.1) is 12.7 Å². The van der Waals surface area contributed by atoms with E-state index in [1.54, 1.807) is 41.0 Å². The lowest BCUT2D eigenvalue weighted by Gasteiger charge is -2.34. The third kappa shape index (κ3) is 6.02. The minimum Gasteiger partial charge on any atom is -0.466 e. The molecule has 1 aliphatic heterocycles. The van der Waals surface area contributed by atoms with Crippen molar-refractivity contribution in [1.29, 1.82) is 0 Å². The zero-order valence-corrected chi connectivity index (χ0v) is 21.6. The second kappa shape index (κ2) is 11.6. The van der Waals surface area contributed by atoms with E-state index in [0.29, 0.717) is 48.1 Å². The Labute approximate surface area is 220 Å². The molecule has 0 saturated carbocycles. The SMILES string of the molecule is CCOC(=O)CCC(=O)N1CCN(C(=O)c2cc(-c3ccc(Cl)cc3)n(-c3cccc(F)c3)c2C)CC1. The molecule has 0 radical (unpaired) electrons. The summed E-state index contributed by atoms with van der Waals surface area (Å²) in [4.78, 5) is 41.0. The molecule has 0 atom stereocenters. The van der Waals surface area contributed by atoms with E-state index < -0.39 is 0 Å². The Hall–Kier alpha value is -3.65. The molecule has 194 valence electrons. The van der Waals surface area contributed by atoms with Crippen LogP contribution in [0.25, 0.3) is 16.9 Å². The molecule has 1 aromatic heterocycles. The lowest BCUT2D eigenvalue weighted by atomic mass is 10.1. The van der Waals surface area contributed by atoms with E-state index in [1.807, 2.05) is 29.7 Å². The van der Waals surface area contributed by atoms with Gasteiger partial charge in [-0.05, 0) is 55.8 Å². The number of rotatable bonds is 7. The quantitative estimate of drug-likeness (QED) is 0.412. The summed E-state index contributed by atoms with van der Waals surface area (Å²) in [6, 6.07) is 15.3. The smallest absolute Gasteiger partial charge is 0.306 e. The number of esters is 1. The molecule has 2 heterocycles. The first-order valence-electron chi connectivity index (χ1n) is 12.3. The summed E-state index contributed by atoms with van der Waals surface area (Å²) in [5, 5.41) is 0.593. The fourth-order valence-electron chi connectivity index (χ4n) is 4.53. The first kappa shape index (κ1) is 26.4. The van der Waals surface area contributed by atoms with E-state index in [2.05, 4.69) is 0 Å². The third-order valence-corrected chi connectivity index (χ3v) is 6.70. The van der Waals surface area contributed by atoms with Crippen LogP contribution >= 0.6 is 11.6 Å². The van der Waals surface area contributed by atoms with Crippen molar-refractivity contribution in [3.05, 3.63) is 76.7 Å². The van der Waals surface area contributed by atoms with Crippen LogP contribution in [0.2, 0.25) is 5.02 Å².